The zero-order chi connectivity index (χ0) is 56.6. The first-order valence-electron chi connectivity index (χ1n) is 28.8. The fraction of sp³-hybridized carbons (Fsp3) is 0. The van der Waals surface area contributed by atoms with Crippen molar-refractivity contribution in [1.29, 1.82) is 0 Å². The number of nitrogens with zero attached hydrogens (tertiary/aromatic N) is 3. The summed E-state index contributed by atoms with van der Waals surface area (Å²) in [6, 6.07) is 7.33. The highest BCUT2D eigenvalue weighted by molar-refractivity contribution is 6.13. The summed E-state index contributed by atoms with van der Waals surface area (Å²) in [5.41, 5.74) is -0.353. The number of aromatic nitrogens is 3. The SMILES string of the molecule is [2H]c1c([2H])c([2H])c2c(c1[2H])c1c([2H])c(-n3c4c([2H])c([2H])c([2H])c([2H])c4c4c([2H])c([2H])c(-n5c6c([2H])c([2H])c([2H])c([2H])c6c6c([2H])c([2H])c([2H])c([2H])c65)c([2H])c43)c([2H])c([2H])c1n2-c1cccc(-c2ccc(-c3ccccc3)cc2)c1. The van der Waals surface area contributed by atoms with Crippen LogP contribution in [0, 0.1) is 0 Å². The third-order valence-electron chi connectivity index (χ3n) is 10.2. The van der Waals surface area contributed by atoms with Crippen LogP contribution in [0.15, 0.2) is 212 Å². The highest BCUT2D eigenvalue weighted by atomic mass is 15.0. The number of hydrogen-bond donors (Lipinski definition) is 0. The Kier molecular flexibility index (Phi) is 3.72. The van der Waals surface area contributed by atoms with E-state index in [1.807, 2.05) is 60.7 Å². The van der Waals surface area contributed by atoms with E-state index in [1.165, 1.54) is 4.57 Å². The average molecular weight is 748 g/mol. The summed E-state index contributed by atoms with van der Waals surface area (Å²) in [7, 11) is 0. The van der Waals surface area contributed by atoms with Gasteiger partial charge in [-0.05, 0) is 88.8 Å². The Balaban J connectivity index is 1.25. The van der Waals surface area contributed by atoms with Crippen LogP contribution in [0.3, 0.4) is 0 Å². The van der Waals surface area contributed by atoms with Crippen LogP contribution in [0.2, 0.25) is 0 Å². The Morgan fingerprint density at radius 2 is 0.702 bits per heavy atom. The monoisotopic (exact) mass is 747 g/mol. The van der Waals surface area contributed by atoms with Crippen molar-refractivity contribution in [2.75, 3.05) is 0 Å². The first kappa shape index (κ1) is 17.0. The zero-order valence-electron chi connectivity index (χ0n) is 51.3. The van der Waals surface area contributed by atoms with Gasteiger partial charge < -0.3 is 13.7 Å². The first-order valence-corrected chi connectivity index (χ1v) is 17.8. The molecule has 0 aliphatic heterocycles. The van der Waals surface area contributed by atoms with Crippen molar-refractivity contribution in [2.24, 2.45) is 0 Å². The summed E-state index contributed by atoms with van der Waals surface area (Å²) in [6.07, 6.45) is 0. The van der Waals surface area contributed by atoms with Crippen LogP contribution in [0.5, 0.6) is 0 Å². The zero-order valence-corrected chi connectivity index (χ0v) is 29.3. The van der Waals surface area contributed by atoms with Crippen LogP contribution in [0.25, 0.3) is 105 Å². The minimum absolute atomic E-state index is 0.184. The predicted octanol–water partition coefficient (Wildman–Crippen LogP) is 14.3. The lowest BCUT2D eigenvalue weighted by Crippen LogP contribution is -1.97. The van der Waals surface area contributed by atoms with Crippen molar-refractivity contribution in [3.05, 3.63) is 212 Å². The molecule has 266 valence electrons. The molecule has 3 aromatic heterocycles. The molecule has 0 amide bonds. The molecule has 0 saturated carbocycles. The Labute approximate surface area is 360 Å². The molecular weight excluding hydrogens is 691 g/mol. The second-order valence-corrected chi connectivity index (χ2v) is 13.3. The highest BCUT2D eigenvalue weighted by Crippen LogP contribution is 2.39. The van der Waals surface area contributed by atoms with E-state index in [1.54, 1.807) is 18.2 Å². The molecule has 12 rings (SSSR count). The van der Waals surface area contributed by atoms with Gasteiger partial charge in [0.15, 0.2) is 0 Å². The minimum atomic E-state index is -0.898. The molecule has 57 heavy (non-hydrogen) atoms. The quantitative estimate of drug-likeness (QED) is 0.167. The van der Waals surface area contributed by atoms with Crippen molar-refractivity contribution < 1.29 is 30.2 Å². The van der Waals surface area contributed by atoms with Gasteiger partial charge >= 0.3 is 0 Å². The number of para-hydroxylation sites is 4. The topological polar surface area (TPSA) is 14.8 Å². The van der Waals surface area contributed by atoms with Crippen LogP contribution < -0.4 is 0 Å². The molecule has 3 nitrogen and oxygen atoms in total. The molecule has 0 fully saturated rings. The van der Waals surface area contributed by atoms with Crippen molar-refractivity contribution >= 4 is 65.4 Å². The lowest BCUT2D eigenvalue weighted by atomic mass is 10.00. The van der Waals surface area contributed by atoms with Gasteiger partial charge in [0.25, 0.3) is 0 Å². The minimum Gasteiger partial charge on any atom is -0.309 e. The van der Waals surface area contributed by atoms with Gasteiger partial charge in [-0.1, -0.05) is 145 Å². The summed E-state index contributed by atoms with van der Waals surface area (Å²) in [5, 5.41) is -2.37. The van der Waals surface area contributed by atoms with Gasteiger partial charge in [0.1, 0.15) is 0 Å². The number of hydrogen-bond acceptors (Lipinski definition) is 0. The van der Waals surface area contributed by atoms with Crippen molar-refractivity contribution in [3.63, 3.8) is 0 Å². The summed E-state index contributed by atoms with van der Waals surface area (Å²) in [6.45, 7) is 0. The Bertz CT molecular complexity index is 4710. The molecule has 0 unspecified atom stereocenters. The van der Waals surface area contributed by atoms with Gasteiger partial charge in [0, 0.05) is 49.4 Å². The normalized spacial score (nSPS) is 17.3. The van der Waals surface area contributed by atoms with Gasteiger partial charge in [-0.3, -0.25) is 0 Å². The van der Waals surface area contributed by atoms with Gasteiger partial charge in [0.05, 0.1) is 63.3 Å². The predicted molar refractivity (Wildman–Crippen MR) is 240 cm³/mol. The van der Waals surface area contributed by atoms with E-state index in [-0.39, 0.29) is 27.5 Å². The lowest BCUT2D eigenvalue weighted by molar-refractivity contribution is 1.15. The van der Waals surface area contributed by atoms with Crippen molar-refractivity contribution in [1.82, 2.24) is 13.7 Å². The molecular formula is C54H35N3. The summed E-state index contributed by atoms with van der Waals surface area (Å²) < 4.78 is 206. The summed E-state index contributed by atoms with van der Waals surface area (Å²) in [5.74, 6) is 0. The largest absolute Gasteiger partial charge is 0.309 e. The standard InChI is InChI=1S/C54H35N3/c1-2-13-36(14-3-1)37-25-27-38(28-26-37)39-15-12-16-40(33-39)55-52-24-11-7-20-46(52)48-34-41(30-32-53(48)55)57-51-23-10-6-19-45(51)47-31-29-42(35-54(47)57)56-49-21-8-4-17-43(49)44-18-5-9-22-50(44)56/h1-35H/i4D,5D,6D,7D,8D,9D,10D,11D,17D,18D,19D,20D,21D,22D,23D,24D,29D,30D,31D,32D,34D,35D. The molecule has 0 atom stereocenters. The second kappa shape index (κ2) is 12.5. The first-order chi connectivity index (χ1) is 37.5. The van der Waals surface area contributed by atoms with E-state index < -0.39 is 188 Å². The van der Waals surface area contributed by atoms with Gasteiger partial charge in [-0.15, -0.1) is 0 Å². The average Bonchev–Trinajstić information content (AvgIpc) is 3.45. The van der Waals surface area contributed by atoms with Crippen LogP contribution in [-0.2, 0) is 0 Å². The van der Waals surface area contributed by atoms with Gasteiger partial charge in [-0.25, -0.2) is 0 Å². The molecule has 0 spiro atoms. The van der Waals surface area contributed by atoms with Crippen LogP contribution in [-0.4, -0.2) is 13.7 Å². The number of benzene rings is 9. The van der Waals surface area contributed by atoms with Crippen molar-refractivity contribution in [3.8, 4) is 39.3 Å². The third-order valence-corrected chi connectivity index (χ3v) is 10.2. The molecule has 0 aliphatic carbocycles. The number of rotatable bonds is 5. The van der Waals surface area contributed by atoms with Gasteiger partial charge in [-0.2, -0.15) is 0 Å². The van der Waals surface area contributed by atoms with E-state index in [0.29, 0.717) is 5.56 Å². The van der Waals surface area contributed by atoms with Crippen LogP contribution in [0.1, 0.15) is 30.2 Å². The Hall–Kier alpha value is -7.62. The molecule has 0 radical (unpaired) electrons. The summed E-state index contributed by atoms with van der Waals surface area (Å²) >= 11 is 0. The smallest absolute Gasteiger partial charge is 0.0667 e. The maximum Gasteiger partial charge on any atom is 0.0667 e. The highest BCUT2D eigenvalue weighted by Gasteiger charge is 2.19. The fourth-order valence-electron chi connectivity index (χ4n) is 7.67. The van der Waals surface area contributed by atoms with E-state index >= 15 is 0 Å². The van der Waals surface area contributed by atoms with Gasteiger partial charge in [0.2, 0.25) is 0 Å². The molecule has 0 aliphatic rings. The van der Waals surface area contributed by atoms with Crippen molar-refractivity contribution in [2.45, 2.75) is 0 Å². The molecule has 3 heterocycles. The molecule has 0 N–H and O–H groups in total. The molecule has 12 aromatic rings. The lowest BCUT2D eigenvalue weighted by Gasteiger charge is -2.13. The summed E-state index contributed by atoms with van der Waals surface area (Å²) in [4.78, 5) is 0. The Morgan fingerprint density at radius 1 is 0.281 bits per heavy atom. The maximum atomic E-state index is 10.2. The molecule has 3 heteroatoms. The Morgan fingerprint density at radius 3 is 1.32 bits per heavy atom. The van der Waals surface area contributed by atoms with E-state index in [0.717, 1.165) is 25.8 Å². The van der Waals surface area contributed by atoms with E-state index in [2.05, 4.69) is 0 Å². The molecule has 0 saturated heterocycles. The van der Waals surface area contributed by atoms with E-state index in [4.69, 9.17) is 16.4 Å². The van der Waals surface area contributed by atoms with E-state index in [9.17, 15) is 13.7 Å². The number of fused-ring (bicyclic) bond motifs is 9. The second-order valence-electron chi connectivity index (χ2n) is 13.3. The fourth-order valence-corrected chi connectivity index (χ4v) is 7.67. The third kappa shape index (κ3) is 4.86. The maximum absolute atomic E-state index is 10.2. The van der Waals surface area contributed by atoms with Crippen LogP contribution in [0.4, 0.5) is 0 Å². The molecule has 9 aromatic carbocycles. The van der Waals surface area contributed by atoms with Crippen LogP contribution >= 0.6 is 0 Å². The molecule has 0 bridgehead atoms.